The molecule has 1 aromatic rings. The van der Waals surface area contributed by atoms with Crippen molar-refractivity contribution in [3.63, 3.8) is 0 Å². The lowest BCUT2D eigenvalue weighted by Gasteiger charge is -2.27. The second kappa shape index (κ2) is 5.29. The highest BCUT2D eigenvalue weighted by Gasteiger charge is 2.64. The fraction of sp³-hybridized carbons (Fsp3) is 0.615. The van der Waals surface area contributed by atoms with Gasteiger partial charge in [-0.15, -0.1) is 0 Å². The molecule has 1 amide bonds. The van der Waals surface area contributed by atoms with Gasteiger partial charge in [0.25, 0.3) is 5.91 Å². The molecule has 22 heavy (non-hydrogen) atoms. The van der Waals surface area contributed by atoms with E-state index in [1.54, 1.807) is 0 Å². The topological polar surface area (TPSA) is 86.3 Å². The number of hydrogen-bond acceptors (Lipinski definition) is 3. The number of carbonyl (C=O) groups is 2. The summed E-state index contributed by atoms with van der Waals surface area (Å²) in [6.07, 6.45) is -5.57. The van der Waals surface area contributed by atoms with Crippen LogP contribution in [0.3, 0.4) is 0 Å². The van der Waals surface area contributed by atoms with E-state index in [2.05, 4.69) is 10.2 Å². The minimum absolute atomic E-state index is 0.00735. The zero-order valence-corrected chi connectivity index (χ0v) is 12.1. The number of H-pyrrole nitrogens is 1. The highest BCUT2D eigenvalue weighted by atomic mass is 19.4. The number of carbonyl (C=O) groups excluding carboxylic acids is 1. The second-order valence-corrected chi connectivity index (χ2v) is 5.72. The van der Waals surface area contributed by atoms with Crippen molar-refractivity contribution in [2.75, 3.05) is 13.1 Å². The van der Waals surface area contributed by atoms with Gasteiger partial charge in [0, 0.05) is 18.8 Å². The predicted molar refractivity (Wildman–Crippen MR) is 69.3 cm³/mol. The number of carboxylic acids is 1. The first-order valence-electron chi connectivity index (χ1n) is 6.73. The molecule has 2 rings (SSSR count). The van der Waals surface area contributed by atoms with Crippen LogP contribution < -0.4 is 0 Å². The number of nitrogens with zero attached hydrogens (tertiary/aromatic N) is 2. The van der Waals surface area contributed by atoms with Crippen molar-refractivity contribution >= 4 is 11.9 Å². The SMILES string of the molecule is CC(C)c1cc(C(=O)N2CCC(C(=O)O)(C(F)(F)F)C2)n[nH]1. The molecule has 2 heterocycles. The average molecular weight is 319 g/mol. The van der Waals surface area contributed by atoms with Crippen LogP contribution >= 0.6 is 0 Å². The van der Waals surface area contributed by atoms with Crippen LogP contribution in [0.2, 0.25) is 0 Å². The quantitative estimate of drug-likeness (QED) is 0.892. The van der Waals surface area contributed by atoms with E-state index in [4.69, 9.17) is 5.11 Å². The van der Waals surface area contributed by atoms with Crippen LogP contribution in [0.15, 0.2) is 6.07 Å². The number of rotatable bonds is 3. The number of carboxylic acid groups (broad SMARTS) is 1. The number of amides is 1. The fourth-order valence-electron chi connectivity index (χ4n) is 2.41. The van der Waals surface area contributed by atoms with Gasteiger partial charge in [0.05, 0.1) is 0 Å². The molecule has 1 unspecified atom stereocenters. The van der Waals surface area contributed by atoms with Gasteiger partial charge in [-0.25, -0.2) is 0 Å². The van der Waals surface area contributed by atoms with Crippen LogP contribution in [0.1, 0.15) is 42.4 Å². The molecule has 2 N–H and O–H groups in total. The summed E-state index contributed by atoms with van der Waals surface area (Å²) < 4.78 is 39.2. The van der Waals surface area contributed by atoms with Gasteiger partial charge in [-0.3, -0.25) is 14.7 Å². The molecule has 6 nitrogen and oxygen atoms in total. The number of likely N-dealkylation sites (tertiary alicyclic amines) is 1. The lowest BCUT2D eigenvalue weighted by molar-refractivity contribution is -0.227. The van der Waals surface area contributed by atoms with E-state index < -0.39 is 36.4 Å². The van der Waals surface area contributed by atoms with E-state index in [9.17, 15) is 22.8 Å². The minimum atomic E-state index is -4.91. The second-order valence-electron chi connectivity index (χ2n) is 5.72. The van der Waals surface area contributed by atoms with E-state index >= 15 is 0 Å². The molecule has 0 bridgehead atoms. The third kappa shape index (κ3) is 2.55. The Morgan fingerprint density at radius 3 is 2.50 bits per heavy atom. The van der Waals surface area contributed by atoms with Gasteiger partial charge < -0.3 is 10.0 Å². The van der Waals surface area contributed by atoms with Gasteiger partial charge in [-0.05, 0) is 18.4 Å². The number of nitrogens with one attached hydrogen (secondary N) is 1. The van der Waals surface area contributed by atoms with Crippen molar-refractivity contribution in [1.82, 2.24) is 15.1 Å². The average Bonchev–Trinajstić information content (AvgIpc) is 3.05. The van der Waals surface area contributed by atoms with Gasteiger partial charge in [0.2, 0.25) is 0 Å². The van der Waals surface area contributed by atoms with Crippen LogP contribution in [0.4, 0.5) is 13.2 Å². The van der Waals surface area contributed by atoms with Gasteiger partial charge in [-0.2, -0.15) is 18.3 Å². The zero-order valence-electron chi connectivity index (χ0n) is 12.1. The van der Waals surface area contributed by atoms with Gasteiger partial charge in [0.1, 0.15) is 5.69 Å². The monoisotopic (exact) mass is 319 g/mol. The molecule has 0 aliphatic carbocycles. The maximum Gasteiger partial charge on any atom is 0.406 e. The van der Waals surface area contributed by atoms with Crippen molar-refractivity contribution in [3.8, 4) is 0 Å². The predicted octanol–water partition coefficient (Wildman–Crippen LogP) is 2.01. The number of aliphatic carboxylic acids is 1. The van der Waals surface area contributed by atoms with Crippen LogP contribution in [0.5, 0.6) is 0 Å². The largest absolute Gasteiger partial charge is 0.481 e. The Morgan fingerprint density at radius 2 is 2.09 bits per heavy atom. The van der Waals surface area contributed by atoms with Crippen LogP contribution in [-0.4, -0.2) is 51.3 Å². The smallest absolute Gasteiger partial charge is 0.406 e. The van der Waals surface area contributed by atoms with Crippen molar-refractivity contribution in [2.24, 2.45) is 5.41 Å². The Kier molecular flexibility index (Phi) is 3.92. The Hall–Kier alpha value is -2.06. The van der Waals surface area contributed by atoms with Gasteiger partial charge in [0.15, 0.2) is 5.41 Å². The van der Waals surface area contributed by atoms with Crippen LogP contribution in [-0.2, 0) is 4.79 Å². The lowest BCUT2D eigenvalue weighted by Crippen LogP contribution is -2.47. The minimum Gasteiger partial charge on any atom is -0.481 e. The summed E-state index contributed by atoms with van der Waals surface area (Å²) >= 11 is 0. The number of hydrogen-bond donors (Lipinski definition) is 2. The summed E-state index contributed by atoms with van der Waals surface area (Å²) in [7, 11) is 0. The van der Waals surface area contributed by atoms with Crippen molar-refractivity contribution in [3.05, 3.63) is 17.5 Å². The van der Waals surface area contributed by atoms with E-state index in [-0.39, 0.29) is 18.2 Å². The molecule has 0 aromatic carbocycles. The Bertz CT molecular complexity index is 597. The first kappa shape index (κ1) is 16.3. The lowest BCUT2D eigenvalue weighted by atomic mass is 9.86. The molecule has 0 saturated carbocycles. The molecule has 1 fully saturated rings. The van der Waals surface area contributed by atoms with Crippen molar-refractivity contribution in [1.29, 1.82) is 0 Å². The number of aromatic amines is 1. The van der Waals surface area contributed by atoms with Crippen molar-refractivity contribution < 1.29 is 27.9 Å². The van der Waals surface area contributed by atoms with Crippen molar-refractivity contribution in [2.45, 2.75) is 32.4 Å². The molecule has 1 atom stereocenters. The van der Waals surface area contributed by atoms with E-state index in [0.29, 0.717) is 5.69 Å². The van der Waals surface area contributed by atoms with Gasteiger partial charge >= 0.3 is 12.1 Å². The molecule has 1 aliphatic heterocycles. The van der Waals surface area contributed by atoms with Crippen LogP contribution in [0, 0.1) is 5.41 Å². The standard InChI is InChI=1S/C13H16F3N3O3/c1-7(2)8-5-9(18-17-8)10(20)19-4-3-12(6-19,11(21)22)13(14,15)16/h5,7H,3-4,6H2,1-2H3,(H,17,18)(H,21,22). The Labute approximate surface area is 124 Å². The highest BCUT2D eigenvalue weighted by molar-refractivity contribution is 5.93. The third-order valence-corrected chi connectivity index (χ3v) is 3.95. The molecule has 0 radical (unpaired) electrons. The van der Waals surface area contributed by atoms with E-state index in [1.165, 1.54) is 6.07 Å². The molecule has 122 valence electrons. The normalized spacial score (nSPS) is 22.4. The Morgan fingerprint density at radius 1 is 1.45 bits per heavy atom. The van der Waals surface area contributed by atoms with Gasteiger partial charge in [-0.1, -0.05) is 13.8 Å². The summed E-state index contributed by atoms with van der Waals surface area (Å²) in [5.74, 6) is -2.57. The van der Waals surface area contributed by atoms with E-state index in [0.717, 1.165) is 4.90 Å². The maximum atomic E-state index is 13.1. The summed E-state index contributed by atoms with van der Waals surface area (Å²) in [5.41, 5.74) is -2.23. The summed E-state index contributed by atoms with van der Waals surface area (Å²) in [6.45, 7) is 2.58. The highest BCUT2D eigenvalue weighted by Crippen LogP contribution is 2.45. The Balaban J connectivity index is 2.21. The fourth-order valence-corrected chi connectivity index (χ4v) is 2.41. The molecular weight excluding hydrogens is 303 g/mol. The first-order chi connectivity index (χ1) is 10.1. The summed E-state index contributed by atoms with van der Waals surface area (Å²) in [6, 6.07) is 1.47. The molecule has 1 aromatic heterocycles. The summed E-state index contributed by atoms with van der Waals surface area (Å²) in [5, 5.41) is 15.4. The summed E-state index contributed by atoms with van der Waals surface area (Å²) in [4.78, 5) is 24.2. The first-order valence-corrected chi connectivity index (χ1v) is 6.73. The molecule has 1 saturated heterocycles. The molecule has 1 aliphatic rings. The molecule has 9 heteroatoms. The maximum absolute atomic E-state index is 13.1. The van der Waals surface area contributed by atoms with E-state index in [1.807, 2.05) is 13.8 Å². The zero-order chi connectivity index (χ0) is 16.7. The third-order valence-electron chi connectivity index (χ3n) is 3.95. The number of alkyl halides is 3. The number of halogens is 3. The van der Waals surface area contributed by atoms with Crippen LogP contribution in [0.25, 0.3) is 0 Å². The number of aromatic nitrogens is 2. The molecular formula is C13H16F3N3O3. The molecule has 0 spiro atoms.